The Balaban J connectivity index is 1.83. The van der Waals surface area contributed by atoms with Gasteiger partial charge in [-0.15, -0.1) is 0 Å². The van der Waals surface area contributed by atoms with Gasteiger partial charge in [0.15, 0.2) is 0 Å². The molecule has 2 nitrogen and oxygen atoms in total. The summed E-state index contributed by atoms with van der Waals surface area (Å²) in [6.45, 7) is 10.3. The minimum atomic E-state index is -0.268. The molecule has 1 N–H and O–H groups in total. The molecule has 0 amide bonds. The van der Waals surface area contributed by atoms with Gasteiger partial charge in [0.05, 0.1) is 6.10 Å². The fraction of sp³-hybridized carbons (Fsp3) is 0.789. The second-order valence-corrected chi connectivity index (χ2v) is 8.07. The van der Waals surface area contributed by atoms with Gasteiger partial charge in [-0.25, -0.2) is 0 Å². The summed E-state index contributed by atoms with van der Waals surface area (Å²) in [5, 5.41) is 10.3. The predicted octanol–water partition coefficient (Wildman–Crippen LogP) is 5.10. The predicted molar refractivity (Wildman–Crippen MR) is 89.4 cm³/mol. The lowest BCUT2D eigenvalue weighted by Gasteiger charge is -2.34. The van der Waals surface area contributed by atoms with Crippen molar-refractivity contribution in [3.63, 3.8) is 0 Å². The molecule has 120 valence electrons. The van der Waals surface area contributed by atoms with Crippen molar-refractivity contribution in [3.8, 4) is 0 Å². The van der Waals surface area contributed by atoms with E-state index in [9.17, 15) is 5.11 Å². The molecule has 2 heteroatoms. The summed E-state index contributed by atoms with van der Waals surface area (Å²) in [5.74, 6) is 0.838. The van der Waals surface area contributed by atoms with Crippen LogP contribution in [0.25, 0.3) is 0 Å². The molecule has 0 spiro atoms. The van der Waals surface area contributed by atoms with Gasteiger partial charge in [-0.1, -0.05) is 53.4 Å². The molecular formula is C19H33NO. The summed E-state index contributed by atoms with van der Waals surface area (Å²) in [5.41, 5.74) is 2.77. The lowest BCUT2D eigenvalue weighted by atomic mass is 9.75. The maximum atomic E-state index is 10.3. The van der Waals surface area contributed by atoms with Crippen LogP contribution in [0.1, 0.15) is 83.6 Å². The number of unbranched alkanes of at least 4 members (excludes halogenated alkanes) is 3. The number of aromatic nitrogens is 1. The van der Waals surface area contributed by atoms with E-state index < -0.39 is 0 Å². The molecular weight excluding hydrogens is 258 g/mol. The van der Waals surface area contributed by atoms with Crippen LogP contribution in [0.5, 0.6) is 0 Å². The minimum absolute atomic E-state index is 0.222. The van der Waals surface area contributed by atoms with E-state index in [0.717, 1.165) is 25.3 Å². The largest absolute Gasteiger partial charge is 0.388 e. The number of hydrogen-bond donors (Lipinski definition) is 1. The number of fused-ring (bicyclic) bond motifs is 1. The monoisotopic (exact) mass is 291 g/mol. The molecule has 0 bridgehead atoms. The maximum Gasteiger partial charge on any atom is 0.0812 e. The Kier molecular flexibility index (Phi) is 5.54. The van der Waals surface area contributed by atoms with Gasteiger partial charge in [0.2, 0.25) is 0 Å². The SMILES string of the molecule is CC(C)CCCCCCn1ccc2c1CC(C)(C)CC2O. The maximum absolute atomic E-state index is 10.3. The first-order valence-corrected chi connectivity index (χ1v) is 8.75. The normalized spacial score (nSPS) is 20.8. The Morgan fingerprint density at radius 1 is 1.24 bits per heavy atom. The Morgan fingerprint density at radius 2 is 1.95 bits per heavy atom. The van der Waals surface area contributed by atoms with Crippen molar-refractivity contribution in [1.82, 2.24) is 4.57 Å². The quantitative estimate of drug-likeness (QED) is 0.695. The highest BCUT2D eigenvalue weighted by Gasteiger charge is 2.32. The number of aryl methyl sites for hydroxylation is 1. The standard InChI is InChI=1S/C19H33NO/c1-15(2)9-7-5-6-8-11-20-12-10-16-17(20)13-19(3,4)14-18(16)21/h10,12,15,18,21H,5-9,11,13-14H2,1-4H3. The molecule has 1 heterocycles. The molecule has 1 aliphatic rings. The van der Waals surface area contributed by atoms with Crippen molar-refractivity contribution in [1.29, 1.82) is 0 Å². The van der Waals surface area contributed by atoms with Crippen LogP contribution in [-0.4, -0.2) is 9.67 Å². The zero-order valence-corrected chi connectivity index (χ0v) is 14.4. The van der Waals surface area contributed by atoms with Crippen LogP contribution >= 0.6 is 0 Å². The summed E-state index contributed by atoms with van der Waals surface area (Å²) >= 11 is 0. The van der Waals surface area contributed by atoms with Gasteiger partial charge in [-0.2, -0.15) is 0 Å². The van der Waals surface area contributed by atoms with Crippen LogP contribution < -0.4 is 0 Å². The Bertz CT molecular complexity index is 444. The highest BCUT2D eigenvalue weighted by atomic mass is 16.3. The number of aliphatic hydroxyl groups is 1. The molecule has 1 aromatic heterocycles. The highest BCUT2D eigenvalue weighted by Crippen LogP contribution is 2.41. The van der Waals surface area contributed by atoms with Crippen LogP contribution in [-0.2, 0) is 13.0 Å². The van der Waals surface area contributed by atoms with Gasteiger partial charge < -0.3 is 9.67 Å². The molecule has 0 aliphatic heterocycles. The van der Waals surface area contributed by atoms with Gasteiger partial charge in [-0.3, -0.25) is 0 Å². The Morgan fingerprint density at radius 3 is 2.67 bits per heavy atom. The topological polar surface area (TPSA) is 25.2 Å². The summed E-state index contributed by atoms with van der Waals surface area (Å²) < 4.78 is 2.39. The second kappa shape index (κ2) is 7.00. The first kappa shape index (κ1) is 16.6. The third kappa shape index (κ3) is 4.60. The van der Waals surface area contributed by atoms with Crippen molar-refractivity contribution < 1.29 is 5.11 Å². The van der Waals surface area contributed by atoms with E-state index in [1.165, 1.54) is 43.4 Å². The van der Waals surface area contributed by atoms with Crippen molar-refractivity contribution in [3.05, 3.63) is 23.5 Å². The van der Waals surface area contributed by atoms with Crippen LogP contribution in [0.3, 0.4) is 0 Å². The summed E-state index contributed by atoms with van der Waals surface area (Å²) in [6, 6.07) is 2.13. The number of nitrogens with zero attached hydrogens (tertiary/aromatic N) is 1. The molecule has 0 saturated heterocycles. The third-order valence-electron chi connectivity index (χ3n) is 4.80. The van der Waals surface area contributed by atoms with Crippen molar-refractivity contribution >= 4 is 0 Å². The van der Waals surface area contributed by atoms with Crippen LogP contribution in [0.15, 0.2) is 12.3 Å². The van der Waals surface area contributed by atoms with Crippen LogP contribution in [0.2, 0.25) is 0 Å². The van der Waals surface area contributed by atoms with E-state index in [0.29, 0.717) is 0 Å². The third-order valence-corrected chi connectivity index (χ3v) is 4.80. The van der Waals surface area contributed by atoms with Crippen molar-refractivity contribution in [2.24, 2.45) is 11.3 Å². The summed E-state index contributed by atoms with van der Waals surface area (Å²) in [4.78, 5) is 0. The smallest absolute Gasteiger partial charge is 0.0812 e. The van der Waals surface area contributed by atoms with E-state index >= 15 is 0 Å². The number of aliphatic hydroxyl groups excluding tert-OH is 1. The van der Waals surface area contributed by atoms with Gasteiger partial charge in [0, 0.05) is 24.0 Å². The van der Waals surface area contributed by atoms with E-state index in [-0.39, 0.29) is 11.5 Å². The first-order valence-electron chi connectivity index (χ1n) is 8.75. The van der Waals surface area contributed by atoms with Gasteiger partial charge in [0.25, 0.3) is 0 Å². The first-order chi connectivity index (χ1) is 9.89. The van der Waals surface area contributed by atoms with E-state index in [1.54, 1.807) is 0 Å². The number of hydrogen-bond acceptors (Lipinski definition) is 1. The molecule has 1 aliphatic carbocycles. The lowest BCUT2D eigenvalue weighted by Crippen LogP contribution is -2.26. The highest BCUT2D eigenvalue weighted by molar-refractivity contribution is 5.29. The molecule has 21 heavy (non-hydrogen) atoms. The Labute approximate surface area is 130 Å². The van der Waals surface area contributed by atoms with E-state index in [2.05, 4.69) is 44.5 Å². The lowest BCUT2D eigenvalue weighted by molar-refractivity contribution is 0.0979. The average molecular weight is 291 g/mol. The molecule has 1 aromatic rings. The molecule has 0 fully saturated rings. The molecule has 0 saturated carbocycles. The summed E-state index contributed by atoms with van der Waals surface area (Å²) in [6.07, 6.45) is 10.6. The second-order valence-electron chi connectivity index (χ2n) is 8.07. The van der Waals surface area contributed by atoms with E-state index in [4.69, 9.17) is 0 Å². The van der Waals surface area contributed by atoms with Gasteiger partial charge in [-0.05, 0) is 36.7 Å². The molecule has 0 aromatic carbocycles. The molecule has 1 unspecified atom stereocenters. The Hall–Kier alpha value is -0.760. The molecule has 0 radical (unpaired) electrons. The molecule has 2 rings (SSSR count). The van der Waals surface area contributed by atoms with Gasteiger partial charge in [0.1, 0.15) is 0 Å². The number of rotatable bonds is 7. The van der Waals surface area contributed by atoms with Gasteiger partial charge >= 0.3 is 0 Å². The average Bonchev–Trinajstić information content (AvgIpc) is 2.75. The fourth-order valence-electron chi connectivity index (χ4n) is 3.59. The minimum Gasteiger partial charge on any atom is -0.388 e. The van der Waals surface area contributed by atoms with Crippen LogP contribution in [0.4, 0.5) is 0 Å². The zero-order valence-electron chi connectivity index (χ0n) is 14.4. The fourth-order valence-corrected chi connectivity index (χ4v) is 3.59. The zero-order chi connectivity index (χ0) is 15.5. The van der Waals surface area contributed by atoms with Crippen molar-refractivity contribution in [2.75, 3.05) is 0 Å². The van der Waals surface area contributed by atoms with Crippen molar-refractivity contribution in [2.45, 2.75) is 85.3 Å². The van der Waals surface area contributed by atoms with E-state index in [1.807, 2.05) is 0 Å². The summed E-state index contributed by atoms with van der Waals surface area (Å²) in [7, 11) is 0. The van der Waals surface area contributed by atoms with Crippen LogP contribution in [0, 0.1) is 11.3 Å². The molecule has 1 atom stereocenters.